The Morgan fingerprint density at radius 3 is 2.38 bits per heavy atom. The molecule has 0 spiro atoms. The van der Waals surface area contributed by atoms with Gasteiger partial charge in [-0.1, -0.05) is 38.1 Å². The van der Waals surface area contributed by atoms with Gasteiger partial charge in [-0.05, 0) is 58.4 Å². The Bertz CT molecular complexity index is 1250. The molecule has 1 aromatic carbocycles. The third-order valence-electron chi connectivity index (χ3n) is 6.82. The fraction of sp³-hybridized carbons (Fsp3) is 0.548. The van der Waals surface area contributed by atoms with Crippen molar-refractivity contribution in [2.75, 3.05) is 44.9 Å². The van der Waals surface area contributed by atoms with E-state index in [9.17, 15) is 18.0 Å². The summed E-state index contributed by atoms with van der Waals surface area (Å²) < 4.78 is 32.4. The smallest absolute Gasteiger partial charge is 0.415 e. The fourth-order valence-corrected chi connectivity index (χ4v) is 7.52. The largest absolute Gasteiger partial charge is 0.483 e. The number of allylic oxidation sites excluding steroid dienone is 2. The van der Waals surface area contributed by atoms with Gasteiger partial charge in [0, 0.05) is 49.4 Å². The monoisotopic (exact) mass is 667 g/mol. The van der Waals surface area contributed by atoms with E-state index in [0.717, 1.165) is 18.7 Å². The van der Waals surface area contributed by atoms with E-state index in [-0.39, 0.29) is 36.1 Å². The predicted molar refractivity (Wildman–Crippen MR) is 181 cm³/mol. The Morgan fingerprint density at radius 1 is 1.20 bits per heavy atom. The first-order chi connectivity index (χ1) is 21.3. The van der Waals surface area contributed by atoms with Crippen molar-refractivity contribution in [2.45, 2.75) is 64.3 Å². The van der Waals surface area contributed by atoms with Crippen LogP contribution in [0.4, 0.5) is 4.79 Å². The molecule has 0 aliphatic carbocycles. The van der Waals surface area contributed by atoms with Gasteiger partial charge in [-0.3, -0.25) is 14.6 Å². The number of sulfonamides is 1. The zero-order valence-electron chi connectivity index (χ0n) is 27.2. The highest BCUT2D eigenvalue weighted by Crippen LogP contribution is 2.41. The quantitative estimate of drug-likeness (QED) is 0.204. The molecule has 2 aliphatic heterocycles. The molecule has 1 aromatic rings. The fourth-order valence-electron chi connectivity index (χ4n) is 4.50. The molecular weight excluding hydrogens is 619 g/mol. The second-order valence-corrected chi connectivity index (χ2v) is 14.3. The number of rotatable bonds is 11. The normalized spacial score (nSPS) is 19.2. The number of likely N-dealkylation sites (N-methyl/N-ethyl adjacent to an activating group) is 1. The van der Waals surface area contributed by atoms with Gasteiger partial charge in [-0.25, -0.2) is 13.2 Å². The SMILES string of the molecule is C=CC/C=C\N=CCS(=O)(=O)N1CSC(C)(C)[C@H]1C(=O)N[C@H](C)Cc1ccc(OC(=O)N2CCN(C)CC2)cc1.CC.O=CO. The number of ether oxygens (including phenoxy) is 1. The van der Waals surface area contributed by atoms with E-state index in [0.29, 0.717) is 31.7 Å². The number of nitrogens with one attached hydrogen (secondary N) is 1. The summed E-state index contributed by atoms with van der Waals surface area (Å²) in [6.07, 6.45) is 7.21. The van der Waals surface area contributed by atoms with Crippen LogP contribution in [0.25, 0.3) is 0 Å². The second kappa shape index (κ2) is 20.0. The molecule has 3 rings (SSSR count). The van der Waals surface area contributed by atoms with E-state index in [2.05, 4.69) is 21.8 Å². The Kier molecular flexibility index (Phi) is 17.7. The molecule has 0 radical (unpaired) electrons. The summed E-state index contributed by atoms with van der Waals surface area (Å²) in [5.74, 6) is 0.0601. The van der Waals surface area contributed by atoms with Crippen LogP contribution in [0, 0.1) is 0 Å². The average Bonchev–Trinajstić information content (AvgIpc) is 3.33. The maximum absolute atomic E-state index is 13.4. The van der Waals surface area contributed by atoms with Crippen LogP contribution in [0.1, 0.15) is 46.6 Å². The van der Waals surface area contributed by atoms with Gasteiger partial charge in [0.25, 0.3) is 6.47 Å². The van der Waals surface area contributed by atoms with E-state index in [4.69, 9.17) is 14.6 Å². The standard InChI is InChI=1S/C28H41N5O5S2.C2H6.CH2O2/c1-6-7-8-13-29-14-19-40(36,37)33-21-39-28(3,4)25(33)26(34)30-22(2)20-23-9-11-24(12-10-23)38-27(35)32-17-15-31(5)16-18-32;1-2;2-1-3/h6,8-14,22,25H,1,7,15-21H2,2-5H3,(H,30,34);1-2H3;1H,(H,2,3)/b13-8-,29-14?;;/t22-,25-;;/m1../s1. The van der Waals surface area contributed by atoms with Gasteiger partial charge in [0.15, 0.2) is 0 Å². The highest BCUT2D eigenvalue weighted by Gasteiger charge is 2.50. The van der Waals surface area contributed by atoms with E-state index < -0.39 is 20.8 Å². The van der Waals surface area contributed by atoms with Crippen LogP contribution in [-0.4, -0.2) is 114 Å². The third kappa shape index (κ3) is 13.4. The number of carbonyl (C=O) groups excluding carboxylic acids is 2. The summed E-state index contributed by atoms with van der Waals surface area (Å²) in [4.78, 5) is 42.0. The summed E-state index contributed by atoms with van der Waals surface area (Å²) in [7, 11) is -1.71. The van der Waals surface area contributed by atoms with Crippen molar-refractivity contribution in [3.63, 3.8) is 0 Å². The minimum absolute atomic E-state index is 0.205. The number of benzene rings is 1. The predicted octanol–water partition coefficient (Wildman–Crippen LogP) is 3.85. The number of hydrogen-bond acceptors (Lipinski definition) is 9. The lowest BCUT2D eigenvalue weighted by Gasteiger charge is -2.31. The molecule has 0 bridgehead atoms. The van der Waals surface area contributed by atoms with Crippen molar-refractivity contribution in [1.82, 2.24) is 19.4 Å². The minimum Gasteiger partial charge on any atom is -0.483 e. The summed E-state index contributed by atoms with van der Waals surface area (Å²) in [5.41, 5.74) is 0.956. The van der Waals surface area contributed by atoms with E-state index >= 15 is 0 Å². The lowest BCUT2D eigenvalue weighted by Crippen LogP contribution is -2.55. The molecular formula is C31H49N5O7S2. The molecule has 0 saturated carbocycles. The molecule has 2 atom stereocenters. The third-order valence-corrected chi connectivity index (χ3v) is 9.98. The van der Waals surface area contributed by atoms with Crippen LogP contribution in [0.2, 0.25) is 0 Å². The van der Waals surface area contributed by atoms with Crippen molar-refractivity contribution in [3.8, 4) is 5.75 Å². The number of piperazine rings is 1. The molecule has 0 aromatic heterocycles. The van der Waals surface area contributed by atoms with E-state index in [1.54, 1.807) is 29.2 Å². The van der Waals surface area contributed by atoms with Crippen molar-refractivity contribution >= 4 is 46.5 Å². The van der Waals surface area contributed by atoms with Gasteiger partial charge in [0.05, 0.1) is 11.6 Å². The molecule has 2 N–H and O–H groups in total. The van der Waals surface area contributed by atoms with E-state index in [1.165, 1.54) is 28.5 Å². The van der Waals surface area contributed by atoms with Crippen LogP contribution in [-0.2, 0) is 26.0 Å². The van der Waals surface area contributed by atoms with Crippen molar-refractivity contribution in [1.29, 1.82) is 0 Å². The van der Waals surface area contributed by atoms with Crippen molar-refractivity contribution < 1.29 is 32.6 Å². The van der Waals surface area contributed by atoms with Crippen LogP contribution in [0.5, 0.6) is 5.75 Å². The number of nitrogens with zero attached hydrogens (tertiary/aromatic N) is 4. The van der Waals surface area contributed by atoms with Crippen molar-refractivity contribution in [3.05, 3.63) is 54.8 Å². The molecule has 2 heterocycles. The lowest BCUT2D eigenvalue weighted by molar-refractivity contribution is -0.125. The lowest BCUT2D eigenvalue weighted by atomic mass is 10.0. The number of amides is 2. The maximum Gasteiger partial charge on any atom is 0.415 e. The molecule has 0 unspecified atom stereocenters. The van der Waals surface area contributed by atoms with E-state index in [1.807, 2.05) is 53.8 Å². The number of thioether (sulfide) groups is 1. The zero-order chi connectivity index (χ0) is 34.0. The molecule has 12 nitrogen and oxygen atoms in total. The van der Waals surface area contributed by atoms with Crippen LogP contribution in [0.15, 0.2) is 54.2 Å². The van der Waals surface area contributed by atoms with Crippen LogP contribution < -0.4 is 10.1 Å². The first-order valence-corrected chi connectivity index (χ1v) is 17.5. The number of carboxylic acid groups (broad SMARTS) is 1. The van der Waals surface area contributed by atoms with Crippen LogP contribution >= 0.6 is 11.8 Å². The number of hydrogen-bond donors (Lipinski definition) is 2. The van der Waals surface area contributed by atoms with Gasteiger partial charge in [0.2, 0.25) is 15.9 Å². The molecule has 2 fully saturated rings. The van der Waals surface area contributed by atoms with Gasteiger partial charge >= 0.3 is 6.09 Å². The second-order valence-electron chi connectivity index (χ2n) is 10.7. The number of carbonyl (C=O) groups is 3. The van der Waals surface area contributed by atoms with Gasteiger partial charge in [0.1, 0.15) is 11.8 Å². The highest BCUT2D eigenvalue weighted by molar-refractivity contribution is 8.02. The maximum atomic E-state index is 13.4. The summed E-state index contributed by atoms with van der Waals surface area (Å²) in [5, 5.41) is 9.89. The first-order valence-electron chi connectivity index (χ1n) is 14.9. The molecule has 2 amide bonds. The molecule has 14 heteroatoms. The topological polar surface area (TPSA) is 149 Å². The molecule has 252 valence electrons. The van der Waals surface area contributed by atoms with Crippen LogP contribution in [0.3, 0.4) is 0 Å². The zero-order valence-corrected chi connectivity index (χ0v) is 28.8. The highest BCUT2D eigenvalue weighted by atomic mass is 32.2. The molecule has 45 heavy (non-hydrogen) atoms. The van der Waals surface area contributed by atoms with Gasteiger partial charge < -0.3 is 25.0 Å². The van der Waals surface area contributed by atoms with Gasteiger partial charge in [-0.2, -0.15) is 4.31 Å². The number of aliphatic imine (C=N–C) groups is 1. The molecule has 2 aliphatic rings. The Balaban J connectivity index is 0.00000191. The summed E-state index contributed by atoms with van der Waals surface area (Å²) >= 11 is 1.44. The van der Waals surface area contributed by atoms with Crippen molar-refractivity contribution in [2.24, 2.45) is 4.99 Å². The summed E-state index contributed by atoms with van der Waals surface area (Å²) in [6, 6.07) is 6.14. The Morgan fingerprint density at radius 2 is 1.80 bits per heavy atom. The minimum atomic E-state index is -3.74. The first kappa shape index (κ1) is 39.8. The Hall–Kier alpha value is -3.20. The molecule has 2 saturated heterocycles. The van der Waals surface area contributed by atoms with Gasteiger partial charge in [-0.15, -0.1) is 18.3 Å². The average molecular weight is 668 g/mol. The summed E-state index contributed by atoms with van der Waals surface area (Å²) in [6.45, 7) is 15.9. The Labute approximate surface area is 272 Å².